The van der Waals surface area contributed by atoms with E-state index in [0.29, 0.717) is 49.0 Å². The number of carboxylic acids is 1. The van der Waals surface area contributed by atoms with Crippen molar-refractivity contribution >= 4 is 17.5 Å². The van der Waals surface area contributed by atoms with Crippen molar-refractivity contribution in [2.24, 2.45) is 0 Å². The third-order valence-corrected chi connectivity index (χ3v) is 6.11. The van der Waals surface area contributed by atoms with Crippen LogP contribution in [0.25, 0.3) is 16.7 Å². The Morgan fingerprint density at radius 1 is 1.11 bits per heavy atom. The molecule has 0 spiro atoms. The van der Waals surface area contributed by atoms with E-state index in [1.807, 2.05) is 6.08 Å². The number of nitrogens with one attached hydrogen (secondary N) is 1. The number of aromatic nitrogens is 2. The van der Waals surface area contributed by atoms with Gasteiger partial charge in [0, 0.05) is 11.6 Å². The van der Waals surface area contributed by atoms with Crippen molar-refractivity contribution < 1.29 is 32.2 Å². The minimum atomic E-state index is -4.77. The number of nitrogen functional groups attached to an aromatic ring is 1. The van der Waals surface area contributed by atoms with E-state index >= 15 is 0 Å². The van der Waals surface area contributed by atoms with Crippen LogP contribution < -0.4 is 15.8 Å². The zero-order chi connectivity index (χ0) is 27.3. The fraction of sp³-hybridized carbons (Fsp3) is 0.296. The summed E-state index contributed by atoms with van der Waals surface area (Å²) >= 11 is 0. The molecule has 1 unspecified atom stereocenters. The molecule has 0 bridgehead atoms. The first-order valence-corrected chi connectivity index (χ1v) is 12.0. The number of anilines is 1. The molecule has 2 heterocycles. The number of rotatable bonds is 6. The molecule has 0 radical (unpaired) electrons. The van der Waals surface area contributed by atoms with Gasteiger partial charge in [0.1, 0.15) is 11.9 Å². The molecule has 200 valence electrons. The second-order valence-corrected chi connectivity index (χ2v) is 8.88. The van der Waals surface area contributed by atoms with Crippen molar-refractivity contribution in [1.82, 2.24) is 15.3 Å². The van der Waals surface area contributed by atoms with E-state index in [1.165, 1.54) is 48.5 Å². The number of carboxylic acid groups (broad SMARTS) is 1. The van der Waals surface area contributed by atoms with Crippen molar-refractivity contribution in [2.45, 2.75) is 44.0 Å². The molecule has 1 aromatic heterocycles. The summed E-state index contributed by atoms with van der Waals surface area (Å²) in [6, 6.07) is 11.9. The Bertz CT molecular complexity index is 1310. The summed E-state index contributed by atoms with van der Waals surface area (Å²) in [5.74, 6) is -1.98. The van der Waals surface area contributed by atoms with E-state index in [1.54, 1.807) is 6.07 Å². The van der Waals surface area contributed by atoms with E-state index in [0.717, 1.165) is 5.57 Å². The van der Waals surface area contributed by atoms with Gasteiger partial charge in [0.05, 0.1) is 5.69 Å². The third-order valence-electron chi connectivity index (χ3n) is 6.11. The van der Waals surface area contributed by atoms with Gasteiger partial charge in [-0.15, -0.1) is 0 Å². The Morgan fingerprint density at radius 3 is 2.55 bits per heavy atom. The Kier molecular flexibility index (Phi) is 8.26. The highest BCUT2D eigenvalue weighted by Crippen LogP contribution is 2.38. The summed E-state index contributed by atoms with van der Waals surface area (Å²) in [6.45, 7) is 0.458. The van der Waals surface area contributed by atoms with E-state index in [-0.39, 0.29) is 17.4 Å². The number of hydrogen-bond donors (Lipinski definition) is 3. The van der Waals surface area contributed by atoms with Crippen molar-refractivity contribution in [2.75, 3.05) is 12.3 Å². The maximum absolute atomic E-state index is 14.1. The Morgan fingerprint density at radius 2 is 1.87 bits per heavy atom. The lowest BCUT2D eigenvalue weighted by atomic mass is 10.0. The fourth-order valence-corrected chi connectivity index (χ4v) is 4.26. The monoisotopic (exact) mass is 530 g/mol. The number of nitrogens with zero attached hydrogens (tertiary/aromatic N) is 2. The number of carbonyl (C=O) groups is 1. The summed E-state index contributed by atoms with van der Waals surface area (Å²) in [4.78, 5) is 19.4. The summed E-state index contributed by atoms with van der Waals surface area (Å²) in [6.07, 6.45) is -3.39. The Hall–Kier alpha value is -3.99. The van der Waals surface area contributed by atoms with Crippen LogP contribution in [0.4, 0.5) is 23.5 Å². The maximum atomic E-state index is 14.1. The minimum Gasteiger partial charge on any atom is -0.480 e. The minimum absolute atomic E-state index is 0.163. The number of hydrogen-bond acceptors (Lipinski definition) is 6. The molecule has 1 aliphatic heterocycles. The van der Waals surface area contributed by atoms with Crippen LogP contribution in [0.2, 0.25) is 0 Å². The van der Waals surface area contributed by atoms with Crippen molar-refractivity contribution in [1.29, 1.82) is 0 Å². The van der Waals surface area contributed by atoms with Gasteiger partial charge in [-0.05, 0) is 61.1 Å². The van der Waals surface area contributed by atoms with Crippen LogP contribution in [0.1, 0.15) is 43.0 Å². The number of benzene rings is 2. The predicted molar refractivity (Wildman–Crippen MR) is 134 cm³/mol. The second kappa shape index (κ2) is 11.6. The van der Waals surface area contributed by atoms with E-state index < -0.39 is 30.1 Å². The summed E-state index contributed by atoms with van der Waals surface area (Å²) in [7, 11) is 0. The van der Waals surface area contributed by atoms with Gasteiger partial charge in [0.25, 0.3) is 0 Å². The molecule has 0 saturated carbocycles. The van der Waals surface area contributed by atoms with Gasteiger partial charge >= 0.3 is 12.1 Å². The highest BCUT2D eigenvalue weighted by atomic mass is 19.4. The highest BCUT2D eigenvalue weighted by Gasteiger charge is 2.43. The SMILES string of the molecule is Nc1nc(O[C@H](c2ccc(-c3cccc(F)c3)cc2)C(F)(F)F)cc(/C2=C/CCC(C(=O)O)NCCC2)n1. The van der Waals surface area contributed by atoms with Crippen molar-refractivity contribution in [3.63, 3.8) is 0 Å². The average Bonchev–Trinajstić information content (AvgIpc) is 2.99. The molecule has 7 nitrogen and oxygen atoms in total. The quantitative estimate of drug-likeness (QED) is 0.359. The fourth-order valence-electron chi connectivity index (χ4n) is 4.26. The first-order chi connectivity index (χ1) is 18.1. The number of aliphatic carboxylic acids is 1. The molecule has 0 aliphatic carbocycles. The Balaban J connectivity index is 1.59. The normalized spacial score (nSPS) is 18.8. The molecule has 3 aromatic rings. The van der Waals surface area contributed by atoms with Gasteiger partial charge in [-0.2, -0.15) is 18.2 Å². The average molecular weight is 531 g/mol. The smallest absolute Gasteiger partial charge is 0.429 e. The number of allylic oxidation sites excluding steroid dienone is 2. The van der Waals surface area contributed by atoms with Gasteiger partial charge in [0.15, 0.2) is 0 Å². The van der Waals surface area contributed by atoms with Crippen LogP contribution in [0, 0.1) is 5.82 Å². The molecule has 4 rings (SSSR count). The van der Waals surface area contributed by atoms with Gasteiger partial charge in [-0.25, -0.2) is 9.37 Å². The van der Waals surface area contributed by atoms with Crippen LogP contribution in [-0.2, 0) is 4.79 Å². The van der Waals surface area contributed by atoms with Crippen molar-refractivity contribution in [3.8, 4) is 17.0 Å². The van der Waals surface area contributed by atoms with Crippen LogP contribution in [0.15, 0.2) is 60.7 Å². The van der Waals surface area contributed by atoms with Gasteiger partial charge < -0.3 is 20.9 Å². The summed E-state index contributed by atoms with van der Waals surface area (Å²) in [5, 5.41) is 12.3. The molecular weight excluding hydrogens is 504 g/mol. The first-order valence-electron chi connectivity index (χ1n) is 12.0. The van der Waals surface area contributed by atoms with E-state index in [2.05, 4.69) is 15.3 Å². The molecule has 0 saturated heterocycles. The number of halogens is 4. The molecule has 38 heavy (non-hydrogen) atoms. The molecule has 1 aliphatic rings. The van der Waals surface area contributed by atoms with Gasteiger partial charge in [-0.1, -0.05) is 42.5 Å². The first kappa shape index (κ1) is 27.1. The van der Waals surface area contributed by atoms with Crippen LogP contribution in [0.5, 0.6) is 5.88 Å². The molecule has 11 heteroatoms. The lowest BCUT2D eigenvalue weighted by molar-refractivity contribution is -0.198. The topological polar surface area (TPSA) is 110 Å². The summed E-state index contributed by atoms with van der Waals surface area (Å²) < 4.78 is 61.0. The molecule has 0 amide bonds. The summed E-state index contributed by atoms with van der Waals surface area (Å²) in [5.41, 5.74) is 7.78. The van der Waals surface area contributed by atoms with Crippen LogP contribution >= 0.6 is 0 Å². The van der Waals surface area contributed by atoms with E-state index in [9.17, 15) is 27.5 Å². The predicted octanol–water partition coefficient (Wildman–Crippen LogP) is 5.55. The molecule has 0 fully saturated rings. The van der Waals surface area contributed by atoms with Crippen molar-refractivity contribution in [3.05, 3.63) is 77.7 Å². The Labute approximate surface area is 216 Å². The highest BCUT2D eigenvalue weighted by molar-refractivity contribution is 5.73. The number of alkyl halides is 3. The van der Waals surface area contributed by atoms with Gasteiger partial charge in [0.2, 0.25) is 17.9 Å². The molecule has 4 N–H and O–H groups in total. The lowest BCUT2D eigenvalue weighted by Gasteiger charge is -2.22. The lowest BCUT2D eigenvalue weighted by Crippen LogP contribution is -2.36. The largest absolute Gasteiger partial charge is 0.480 e. The number of nitrogens with two attached hydrogens (primary N) is 1. The third kappa shape index (κ3) is 6.86. The maximum Gasteiger partial charge on any atom is 0.429 e. The molecule has 2 aromatic carbocycles. The number of ether oxygens (including phenoxy) is 1. The van der Waals surface area contributed by atoms with Crippen LogP contribution in [0.3, 0.4) is 0 Å². The van der Waals surface area contributed by atoms with Gasteiger partial charge in [-0.3, -0.25) is 4.79 Å². The standard InChI is InChI=1S/C27H26F4N4O3/c28-20-7-1-5-19(14-20)16-9-11-18(12-10-16)24(27(29,30)31)38-23-15-22(34-26(32)35-23)17-4-2-8-21(25(36)37)33-13-3-6-17/h1,4-5,7,9-12,14-15,21,24,33H,2-3,6,8,13H2,(H,36,37)(H2,32,34,35)/b17-4+/t21?,24-/m1/s1. The molecular formula is C27H26F4N4O3. The second-order valence-electron chi connectivity index (χ2n) is 8.88. The zero-order valence-electron chi connectivity index (χ0n) is 20.2. The molecule has 2 atom stereocenters. The van der Waals surface area contributed by atoms with Crippen LogP contribution in [-0.4, -0.2) is 39.8 Å². The van der Waals surface area contributed by atoms with E-state index in [4.69, 9.17) is 10.5 Å². The zero-order valence-corrected chi connectivity index (χ0v) is 20.2.